The summed E-state index contributed by atoms with van der Waals surface area (Å²) in [7, 11) is 1.65. The topological polar surface area (TPSA) is 38.3 Å². The predicted octanol–water partition coefficient (Wildman–Crippen LogP) is 3.20. The fourth-order valence-electron chi connectivity index (χ4n) is 1.76. The van der Waals surface area contributed by atoms with E-state index in [1.54, 1.807) is 7.11 Å². The van der Waals surface area contributed by atoms with Crippen LogP contribution < -0.4 is 10.1 Å². The minimum atomic E-state index is 0.0206. The standard InChI is InChI=1S/C14H15NO2/c1-3-14(16)15-11-7-8-12-10(9-11)5-4-6-13(12)17-2/h4-9H,3H2,1-2H3,(H,15,16). The van der Waals surface area contributed by atoms with Crippen molar-refractivity contribution >= 4 is 22.4 Å². The average molecular weight is 229 g/mol. The van der Waals surface area contributed by atoms with Gasteiger partial charge in [-0.2, -0.15) is 0 Å². The second-order valence-electron chi connectivity index (χ2n) is 3.80. The number of anilines is 1. The summed E-state index contributed by atoms with van der Waals surface area (Å²) in [5.41, 5.74) is 0.817. The number of hydrogen-bond acceptors (Lipinski definition) is 2. The summed E-state index contributed by atoms with van der Waals surface area (Å²) < 4.78 is 5.28. The number of amides is 1. The highest BCUT2D eigenvalue weighted by Gasteiger charge is 2.03. The van der Waals surface area contributed by atoms with E-state index < -0.39 is 0 Å². The minimum Gasteiger partial charge on any atom is -0.496 e. The van der Waals surface area contributed by atoms with Gasteiger partial charge >= 0.3 is 0 Å². The van der Waals surface area contributed by atoms with Crippen molar-refractivity contribution in [3.8, 4) is 5.75 Å². The molecule has 0 aliphatic rings. The van der Waals surface area contributed by atoms with Gasteiger partial charge in [-0.3, -0.25) is 4.79 Å². The number of carbonyl (C=O) groups excluding carboxylic acids is 1. The Morgan fingerprint density at radius 1 is 1.29 bits per heavy atom. The van der Waals surface area contributed by atoms with Crippen LogP contribution in [0, 0.1) is 0 Å². The number of benzene rings is 2. The lowest BCUT2D eigenvalue weighted by Crippen LogP contribution is -2.09. The highest BCUT2D eigenvalue weighted by Crippen LogP contribution is 2.27. The number of rotatable bonds is 3. The van der Waals surface area contributed by atoms with Crippen LogP contribution in [-0.4, -0.2) is 13.0 Å². The Labute approximate surface area is 100 Å². The lowest BCUT2D eigenvalue weighted by molar-refractivity contribution is -0.115. The van der Waals surface area contributed by atoms with Crippen LogP contribution >= 0.6 is 0 Å². The van der Waals surface area contributed by atoms with E-state index in [2.05, 4.69) is 5.32 Å². The van der Waals surface area contributed by atoms with Crippen molar-refractivity contribution in [2.45, 2.75) is 13.3 Å². The van der Waals surface area contributed by atoms with Crippen LogP contribution in [0.1, 0.15) is 13.3 Å². The number of hydrogen-bond donors (Lipinski definition) is 1. The zero-order valence-electron chi connectivity index (χ0n) is 9.99. The van der Waals surface area contributed by atoms with Crippen LogP contribution in [0.2, 0.25) is 0 Å². The first kappa shape index (κ1) is 11.5. The Balaban J connectivity index is 2.41. The first-order valence-electron chi connectivity index (χ1n) is 5.61. The number of carbonyl (C=O) groups is 1. The number of nitrogens with one attached hydrogen (secondary N) is 1. The molecule has 0 radical (unpaired) electrons. The Kier molecular flexibility index (Phi) is 3.28. The molecule has 0 unspecified atom stereocenters. The highest BCUT2D eigenvalue weighted by atomic mass is 16.5. The largest absolute Gasteiger partial charge is 0.496 e. The molecule has 0 heterocycles. The van der Waals surface area contributed by atoms with Gasteiger partial charge in [0.25, 0.3) is 0 Å². The summed E-state index contributed by atoms with van der Waals surface area (Å²) >= 11 is 0. The molecule has 0 bridgehead atoms. The normalized spacial score (nSPS) is 10.2. The summed E-state index contributed by atoms with van der Waals surface area (Å²) in [5.74, 6) is 0.864. The van der Waals surface area contributed by atoms with Gasteiger partial charge in [0.05, 0.1) is 7.11 Å². The third-order valence-electron chi connectivity index (χ3n) is 2.67. The molecule has 1 amide bonds. The molecule has 0 saturated carbocycles. The zero-order chi connectivity index (χ0) is 12.3. The Hall–Kier alpha value is -2.03. The van der Waals surface area contributed by atoms with E-state index in [-0.39, 0.29) is 5.91 Å². The van der Waals surface area contributed by atoms with Gasteiger partial charge in [-0.25, -0.2) is 0 Å². The van der Waals surface area contributed by atoms with Crippen molar-refractivity contribution in [3.63, 3.8) is 0 Å². The molecule has 3 heteroatoms. The Morgan fingerprint density at radius 2 is 2.12 bits per heavy atom. The van der Waals surface area contributed by atoms with Crippen molar-refractivity contribution < 1.29 is 9.53 Å². The summed E-state index contributed by atoms with van der Waals surface area (Å²) in [6, 6.07) is 11.7. The first-order valence-corrected chi connectivity index (χ1v) is 5.61. The van der Waals surface area contributed by atoms with E-state index in [4.69, 9.17) is 4.74 Å². The van der Waals surface area contributed by atoms with Crippen molar-refractivity contribution in [2.24, 2.45) is 0 Å². The fourth-order valence-corrected chi connectivity index (χ4v) is 1.76. The fraction of sp³-hybridized carbons (Fsp3) is 0.214. The monoisotopic (exact) mass is 229 g/mol. The van der Waals surface area contributed by atoms with Crippen molar-refractivity contribution in [2.75, 3.05) is 12.4 Å². The Bertz CT molecular complexity index is 549. The predicted molar refractivity (Wildman–Crippen MR) is 69.4 cm³/mol. The van der Waals surface area contributed by atoms with E-state index in [0.717, 1.165) is 22.2 Å². The van der Waals surface area contributed by atoms with Crippen LogP contribution in [-0.2, 0) is 4.79 Å². The van der Waals surface area contributed by atoms with E-state index in [1.165, 1.54) is 0 Å². The molecule has 0 aliphatic heterocycles. The van der Waals surface area contributed by atoms with E-state index in [0.29, 0.717) is 6.42 Å². The molecule has 0 saturated heterocycles. The third kappa shape index (κ3) is 2.38. The van der Waals surface area contributed by atoms with Crippen LogP contribution in [0.4, 0.5) is 5.69 Å². The van der Waals surface area contributed by atoms with Gasteiger partial charge < -0.3 is 10.1 Å². The summed E-state index contributed by atoms with van der Waals surface area (Å²) in [6.45, 7) is 1.83. The molecule has 2 aromatic rings. The molecule has 2 rings (SSSR count). The van der Waals surface area contributed by atoms with Gasteiger partial charge in [-0.15, -0.1) is 0 Å². The molecule has 0 spiro atoms. The third-order valence-corrected chi connectivity index (χ3v) is 2.67. The van der Waals surface area contributed by atoms with Crippen LogP contribution in [0.3, 0.4) is 0 Å². The molecule has 0 atom stereocenters. The minimum absolute atomic E-state index is 0.0206. The maximum atomic E-state index is 11.3. The molecule has 0 aliphatic carbocycles. The van der Waals surface area contributed by atoms with Gasteiger partial charge in [0, 0.05) is 17.5 Å². The molecule has 3 nitrogen and oxygen atoms in total. The van der Waals surface area contributed by atoms with Crippen molar-refractivity contribution in [1.82, 2.24) is 0 Å². The second-order valence-corrected chi connectivity index (χ2v) is 3.80. The van der Waals surface area contributed by atoms with Gasteiger partial charge in [-0.05, 0) is 29.7 Å². The maximum Gasteiger partial charge on any atom is 0.224 e. The summed E-state index contributed by atoms with van der Waals surface area (Å²) in [4.78, 5) is 11.3. The molecule has 0 aromatic heterocycles. The number of fused-ring (bicyclic) bond motifs is 1. The van der Waals surface area contributed by atoms with Gasteiger partial charge in [0.1, 0.15) is 5.75 Å². The molecule has 17 heavy (non-hydrogen) atoms. The van der Waals surface area contributed by atoms with Crippen LogP contribution in [0.15, 0.2) is 36.4 Å². The molecule has 88 valence electrons. The van der Waals surface area contributed by atoms with Crippen LogP contribution in [0.5, 0.6) is 5.75 Å². The van der Waals surface area contributed by atoms with E-state index >= 15 is 0 Å². The lowest BCUT2D eigenvalue weighted by atomic mass is 10.1. The molecular formula is C14H15NO2. The van der Waals surface area contributed by atoms with Gasteiger partial charge in [0.2, 0.25) is 5.91 Å². The van der Waals surface area contributed by atoms with Crippen molar-refractivity contribution in [1.29, 1.82) is 0 Å². The number of ether oxygens (including phenoxy) is 1. The van der Waals surface area contributed by atoms with Crippen LogP contribution in [0.25, 0.3) is 10.8 Å². The SMILES string of the molecule is CCC(=O)Nc1ccc2c(OC)cccc2c1. The summed E-state index contributed by atoms with van der Waals surface area (Å²) in [5, 5.41) is 4.94. The maximum absolute atomic E-state index is 11.3. The molecular weight excluding hydrogens is 214 g/mol. The van der Waals surface area contributed by atoms with Crippen molar-refractivity contribution in [3.05, 3.63) is 36.4 Å². The quantitative estimate of drug-likeness (QED) is 0.877. The lowest BCUT2D eigenvalue weighted by Gasteiger charge is -2.08. The highest BCUT2D eigenvalue weighted by molar-refractivity contribution is 5.96. The van der Waals surface area contributed by atoms with E-state index in [1.807, 2.05) is 43.3 Å². The van der Waals surface area contributed by atoms with Gasteiger partial charge in [-0.1, -0.05) is 19.1 Å². The number of methoxy groups -OCH3 is 1. The smallest absolute Gasteiger partial charge is 0.224 e. The molecule has 1 N–H and O–H groups in total. The Morgan fingerprint density at radius 3 is 2.82 bits per heavy atom. The first-order chi connectivity index (χ1) is 8.24. The molecule has 0 fully saturated rings. The zero-order valence-corrected chi connectivity index (χ0v) is 9.99. The average Bonchev–Trinajstić information content (AvgIpc) is 2.37. The van der Waals surface area contributed by atoms with Gasteiger partial charge in [0.15, 0.2) is 0 Å². The molecule has 2 aromatic carbocycles. The van der Waals surface area contributed by atoms with E-state index in [9.17, 15) is 4.79 Å². The second kappa shape index (κ2) is 4.87. The summed E-state index contributed by atoms with van der Waals surface area (Å²) in [6.07, 6.45) is 0.482.